The van der Waals surface area contributed by atoms with Crippen molar-refractivity contribution >= 4 is 11.6 Å². The van der Waals surface area contributed by atoms with Gasteiger partial charge in [0, 0.05) is 19.3 Å². The van der Waals surface area contributed by atoms with Gasteiger partial charge in [0.25, 0.3) is 0 Å². The molecule has 1 aliphatic rings. The van der Waals surface area contributed by atoms with Gasteiger partial charge < -0.3 is 15.5 Å². The van der Waals surface area contributed by atoms with Crippen LogP contribution in [0.25, 0.3) is 0 Å². The first-order chi connectivity index (χ1) is 22.3. The first kappa shape index (κ1) is 38.3. The molecule has 1 aliphatic heterocycles. The standard InChI is InChI=1S/C30H37N3O.C7H12.C5H10/c1-30(26-12-5-3-6-13-26,27-14-7-4-8-15-27)29(34)32-19-10-20-33-21-17-24(18-22-33)25-11-9-16-28(23-25)31-2;1-4-6-7(3)5-2;1-3-5-4-2/h3-9,11-16,23-24,31H,10,17-22H2,1-2H3,(H,32,34);4-5H,1,6H2,2-3H3;3H,1,4-5H2,2H3/b;7-5-;. The van der Waals surface area contributed by atoms with E-state index < -0.39 is 5.41 Å². The maximum absolute atomic E-state index is 13.4. The van der Waals surface area contributed by atoms with Crippen LogP contribution in [-0.4, -0.2) is 44.0 Å². The predicted octanol–water partition coefficient (Wildman–Crippen LogP) is 9.92. The van der Waals surface area contributed by atoms with E-state index in [0.29, 0.717) is 12.5 Å². The van der Waals surface area contributed by atoms with Crippen molar-refractivity contribution in [2.75, 3.05) is 38.5 Å². The average Bonchev–Trinajstić information content (AvgIpc) is 3.11. The summed E-state index contributed by atoms with van der Waals surface area (Å²) >= 11 is 0. The molecule has 0 saturated carbocycles. The molecule has 3 aromatic rings. The third-order valence-corrected chi connectivity index (χ3v) is 8.78. The molecule has 0 radical (unpaired) electrons. The Morgan fingerprint density at radius 2 is 1.54 bits per heavy atom. The number of hydrogen-bond acceptors (Lipinski definition) is 3. The van der Waals surface area contributed by atoms with E-state index in [-0.39, 0.29) is 5.91 Å². The van der Waals surface area contributed by atoms with E-state index in [4.69, 9.17) is 0 Å². The zero-order valence-electron chi connectivity index (χ0n) is 29.2. The van der Waals surface area contributed by atoms with Crippen LogP contribution in [0.15, 0.2) is 122 Å². The molecule has 1 saturated heterocycles. The maximum Gasteiger partial charge on any atom is 0.234 e. The molecular weight excluding hydrogens is 562 g/mol. The molecule has 0 atom stereocenters. The molecule has 0 aliphatic carbocycles. The second kappa shape index (κ2) is 21.8. The van der Waals surface area contributed by atoms with Gasteiger partial charge in [-0.3, -0.25) is 4.79 Å². The third kappa shape index (κ3) is 12.5. The van der Waals surface area contributed by atoms with Crippen LogP contribution >= 0.6 is 0 Å². The highest BCUT2D eigenvalue weighted by molar-refractivity contribution is 5.91. The topological polar surface area (TPSA) is 44.4 Å². The summed E-state index contributed by atoms with van der Waals surface area (Å²) in [5.74, 6) is 0.703. The van der Waals surface area contributed by atoms with E-state index in [0.717, 1.165) is 50.0 Å². The molecule has 3 aromatic carbocycles. The number of nitrogens with zero attached hydrogens (tertiary/aromatic N) is 1. The van der Waals surface area contributed by atoms with Gasteiger partial charge in [-0.2, -0.15) is 0 Å². The van der Waals surface area contributed by atoms with Gasteiger partial charge in [-0.25, -0.2) is 0 Å². The average molecular weight is 622 g/mol. The largest absolute Gasteiger partial charge is 0.388 e. The minimum absolute atomic E-state index is 0.0630. The highest BCUT2D eigenvalue weighted by Crippen LogP contribution is 2.32. The number of rotatable bonds is 13. The molecule has 0 unspecified atom stereocenters. The van der Waals surface area contributed by atoms with Crippen molar-refractivity contribution in [3.63, 3.8) is 0 Å². The summed E-state index contributed by atoms with van der Waals surface area (Å²) < 4.78 is 0. The summed E-state index contributed by atoms with van der Waals surface area (Å²) in [5, 5.41) is 6.48. The number of likely N-dealkylation sites (tertiary alicyclic amines) is 1. The van der Waals surface area contributed by atoms with Crippen molar-refractivity contribution in [1.29, 1.82) is 0 Å². The van der Waals surface area contributed by atoms with Crippen LogP contribution in [0.1, 0.15) is 88.8 Å². The summed E-state index contributed by atoms with van der Waals surface area (Å²) in [6.45, 7) is 19.4. The van der Waals surface area contributed by atoms with E-state index in [2.05, 4.69) is 72.9 Å². The van der Waals surface area contributed by atoms with Crippen molar-refractivity contribution in [3.05, 3.63) is 139 Å². The number of allylic oxidation sites excluding steroid dienone is 4. The lowest BCUT2D eigenvalue weighted by Crippen LogP contribution is -2.44. The molecule has 4 heteroatoms. The Kier molecular flexibility index (Phi) is 18.1. The predicted molar refractivity (Wildman–Crippen MR) is 201 cm³/mol. The van der Waals surface area contributed by atoms with Gasteiger partial charge in [0.15, 0.2) is 0 Å². The first-order valence-corrected chi connectivity index (χ1v) is 17.1. The number of hydrogen-bond donors (Lipinski definition) is 2. The van der Waals surface area contributed by atoms with Gasteiger partial charge in [0.1, 0.15) is 0 Å². The van der Waals surface area contributed by atoms with E-state index in [1.54, 1.807) is 0 Å². The number of amides is 1. The van der Waals surface area contributed by atoms with Gasteiger partial charge >= 0.3 is 0 Å². The Labute approximate surface area is 280 Å². The molecule has 4 rings (SSSR count). The van der Waals surface area contributed by atoms with Crippen LogP contribution in [-0.2, 0) is 10.2 Å². The van der Waals surface area contributed by atoms with Crippen molar-refractivity contribution in [3.8, 4) is 0 Å². The SMILES string of the molecule is C=CC/C(C)=C\C.C=CCCC.CNc1cccc(C2CCN(CCCNC(=O)C(C)(c3ccccc3)c3ccccc3)CC2)c1. The van der Waals surface area contributed by atoms with Crippen LogP contribution in [0, 0.1) is 0 Å². The van der Waals surface area contributed by atoms with Crippen LogP contribution in [0.2, 0.25) is 0 Å². The fourth-order valence-electron chi connectivity index (χ4n) is 5.64. The van der Waals surface area contributed by atoms with Gasteiger partial charge in [-0.15, -0.1) is 13.2 Å². The van der Waals surface area contributed by atoms with Crippen molar-refractivity contribution < 1.29 is 4.79 Å². The number of carbonyl (C=O) groups excluding carboxylic acids is 1. The van der Waals surface area contributed by atoms with E-state index >= 15 is 0 Å². The lowest BCUT2D eigenvalue weighted by molar-refractivity contribution is -0.124. The molecular formula is C42H59N3O. The Bertz CT molecular complexity index is 1270. The number of nitrogens with one attached hydrogen (secondary N) is 2. The van der Waals surface area contributed by atoms with Crippen molar-refractivity contribution in [2.24, 2.45) is 0 Å². The molecule has 1 amide bonds. The normalized spacial score (nSPS) is 13.7. The zero-order chi connectivity index (χ0) is 33.6. The molecule has 1 fully saturated rings. The molecule has 2 N–H and O–H groups in total. The zero-order valence-corrected chi connectivity index (χ0v) is 29.2. The Hall–Kier alpha value is -3.89. The number of anilines is 1. The second-order valence-electron chi connectivity index (χ2n) is 12.2. The molecule has 0 bridgehead atoms. The van der Waals surface area contributed by atoms with Crippen molar-refractivity contribution in [2.45, 2.75) is 77.6 Å². The van der Waals surface area contributed by atoms with E-state index in [1.807, 2.05) is 93.7 Å². The summed E-state index contributed by atoms with van der Waals surface area (Å²) in [6.07, 6.45) is 12.7. The first-order valence-electron chi connectivity index (χ1n) is 17.1. The lowest BCUT2D eigenvalue weighted by atomic mass is 9.75. The van der Waals surface area contributed by atoms with Crippen LogP contribution < -0.4 is 10.6 Å². The fraction of sp³-hybridized carbons (Fsp3) is 0.405. The van der Waals surface area contributed by atoms with Crippen LogP contribution in [0.3, 0.4) is 0 Å². The van der Waals surface area contributed by atoms with Gasteiger partial charge in [0.05, 0.1) is 5.41 Å². The summed E-state index contributed by atoms with van der Waals surface area (Å²) in [4.78, 5) is 16.0. The Morgan fingerprint density at radius 3 is 2.00 bits per heavy atom. The molecule has 0 aromatic heterocycles. The molecule has 46 heavy (non-hydrogen) atoms. The van der Waals surface area contributed by atoms with Crippen molar-refractivity contribution in [1.82, 2.24) is 10.2 Å². The summed E-state index contributed by atoms with van der Waals surface area (Å²) in [6, 6.07) is 29.0. The van der Waals surface area contributed by atoms with Gasteiger partial charge in [-0.05, 0) is 107 Å². The highest BCUT2D eigenvalue weighted by Gasteiger charge is 2.36. The molecule has 1 heterocycles. The number of piperidine rings is 1. The Balaban J connectivity index is 0.000000522. The minimum atomic E-state index is -0.706. The van der Waals surface area contributed by atoms with E-state index in [9.17, 15) is 4.79 Å². The van der Waals surface area contributed by atoms with Gasteiger partial charge in [-0.1, -0.05) is 110 Å². The number of benzene rings is 3. The fourth-order valence-corrected chi connectivity index (χ4v) is 5.64. The molecule has 0 spiro atoms. The van der Waals surface area contributed by atoms with Gasteiger partial charge in [0.2, 0.25) is 5.91 Å². The maximum atomic E-state index is 13.4. The third-order valence-electron chi connectivity index (χ3n) is 8.78. The minimum Gasteiger partial charge on any atom is -0.388 e. The smallest absolute Gasteiger partial charge is 0.234 e. The summed E-state index contributed by atoms with van der Waals surface area (Å²) in [7, 11) is 1.97. The summed E-state index contributed by atoms with van der Waals surface area (Å²) in [5.41, 5.74) is 5.35. The monoisotopic (exact) mass is 621 g/mol. The highest BCUT2D eigenvalue weighted by atomic mass is 16.2. The quantitative estimate of drug-likeness (QED) is 0.147. The Morgan fingerprint density at radius 1 is 0.935 bits per heavy atom. The van der Waals surface area contributed by atoms with Crippen LogP contribution in [0.4, 0.5) is 5.69 Å². The molecule has 248 valence electrons. The van der Waals surface area contributed by atoms with Crippen LogP contribution in [0.5, 0.6) is 0 Å². The second-order valence-corrected chi connectivity index (χ2v) is 12.2. The van der Waals surface area contributed by atoms with E-state index in [1.165, 1.54) is 36.1 Å². The lowest BCUT2D eigenvalue weighted by Gasteiger charge is -2.33. The number of unbranched alkanes of at least 4 members (excludes halogenated alkanes) is 1. The number of carbonyl (C=O) groups is 1. The molecule has 4 nitrogen and oxygen atoms in total.